The van der Waals surface area contributed by atoms with E-state index in [0.717, 1.165) is 0 Å². The number of allylic oxidation sites excluding steroid dienone is 2. The summed E-state index contributed by atoms with van der Waals surface area (Å²) in [6, 6.07) is 32.5. The second-order valence-corrected chi connectivity index (χ2v) is 29.1. The van der Waals surface area contributed by atoms with E-state index in [-0.39, 0.29) is 10.8 Å². The molecule has 0 aliphatic heterocycles. The normalized spacial score (nSPS) is 19.0. The number of fused-ring (bicyclic) bond motifs is 2. The van der Waals surface area contributed by atoms with E-state index in [0.29, 0.717) is 12.8 Å². The van der Waals surface area contributed by atoms with E-state index < -0.39 is 29.9 Å². The molecule has 2 unspecified atom stereocenters. The maximum absolute atomic E-state index is 6.12. The van der Waals surface area contributed by atoms with Crippen molar-refractivity contribution in [3.05, 3.63) is 129 Å². The minimum Gasteiger partial charge on any atom is -0.146 e. The van der Waals surface area contributed by atoms with Gasteiger partial charge in [-0.05, 0) is 12.1 Å². The molecule has 1 fully saturated rings. The fourth-order valence-electron chi connectivity index (χ4n) is 8.13. The zero-order valence-corrected chi connectivity index (χ0v) is 37.2. The molecule has 4 aromatic rings. The third kappa shape index (κ3) is 8.72. The number of benzene rings is 4. The van der Waals surface area contributed by atoms with Crippen molar-refractivity contribution in [1.29, 1.82) is 0 Å². The Balaban J connectivity index is 0.000000388. The predicted octanol–water partition coefficient (Wildman–Crippen LogP) is 15.2. The molecule has 0 bridgehead atoms. The van der Waals surface area contributed by atoms with Crippen LogP contribution in [0.25, 0.3) is 34.4 Å². The van der Waals surface area contributed by atoms with Gasteiger partial charge in [-0.25, -0.2) is 0 Å². The Morgan fingerprint density at radius 3 is 1.29 bits per heavy atom. The molecule has 266 valence electrons. The summed E-state index contributed by atoms with van der Waals surface area (Å²) in [5.74, 6) is 0. The van der Waals surface area contributed by atoms with E-state index in [1.165, 1.54) is 76.6 Å². The predicted molar refractivity (Wildman–Crippen MR) is 224 cm³/mol. The topological polar surface area (TPSA) is 0 Å². The van der Waals surface area contributed by atoms with Gasteiger partial charge in [-0.3, -0.25) is 0 Å². The molecule has 0 N–H and O–H groups in total. The van der Waals surface area contributed by atoms with Crippen LogP contribution in [0.5, 0.6) is 0 Å². The minimum atomic E-state index is -1.81. The van der Waals surface area contributed by atoms with Gasteiger partial charge in [0.25, 0.3) is 6.69 Å². The van der Waals surface area contributed by atoms with Gasteiger partial charge in [0.2, 0.25) is 0 Å². The molecule has 0 heterocycles. The van der Waals surface area contributed by atoms with Gasteiger partial charge in [0.15, 0.2) is 0 Å². The first-order chi connectivity index (χ1) is 24.0. The molecular formula is C47H56Cl2SiZr. The number of hydrogen-bond acceptors (Lipinski definition) is 0. The summed E-state index contributed by atoms with van der Waals surface area (Å²) in [6.45, 7) is 18.7. The van der Waals surface area contributed by atoms with Crippen molar-refractivity contribution in [3.8, 4) is 22.3 Å². The number of halogens is 2. The Hall–Kier alpha value is -1.96. The Morgan fingerprint density at radius 1 is 0.569 bits per heavy atom. The largest absolute Gasteiger partial charge is 0.251 e. The Morgan fingerprint density at radius 2 is 0.961 bits per heavy atom. The molecule has 3 aliphatic rings. The summed E-state index contributed by atoms with van der Waals surface area (Å²) >= 11 is 11.3. The Labute approximate surface area is 331 Å². The van der Waals surface area contributed by atoms with Gasteiger partial charge < -0.3 is 0 Å². The van der Waals surface area contributed by atoms with Crippen LogP contribution >= 0.6 is 22.2 Å². The van der Waals surface area contributed by atoms with Crippen LogP contribution in [0.2, 0.25) is 12.1 Å². The molecule has 3 aliphatic carbocycles. The van der Waals surface area contributed by atoms with Crippen LogP contribution in [0.4, 0.5) is 0 Å². The summed E-state index contributed by atoms with van der Waals surface area (Å²) in [4.78, 5) is 0. The van der Waals surface area contributed by atoms with Gasteiger partial charge >= 0.3 is 261 Å². The van der Waals surface area contributed by atoms with Gasteiger partial charge in [-0.15, -0.1) is 22.2 Å². The van der Waals surface area contributed by atoms with E-state index in [1.807, 2.05) is 6.55 Å². The summed E-state index contributed by atoms with van der Waals surface area (Å²) < 4.78 is 1.22. The van der Waals surface area contributed by atoms with Crippen molar-refractivity contribution in [1.82, 2.24) is 0 Å². The summed E-state index contributed by atoms with van der Waals surface area (Å²) in [6.07, 6.45) is 11.6. The first-order valence-electron chi connectivity index (χ1n) is 19.0. The fraction of sp³-hybridized carbons (Fsp3) is 0.404. The van der Waals surface area contributed by atoms with Crippen LogP contribution < -0.4 is 0 Å². The summed E-state index contributed by atoms with van der Waals surface area (Å²) in [7, 11) is 0. The zero-order chi connectivity index (χ0) is 36.7. The maximum Gasteiger partial charge on any atom is 0.251 e. The standard InChI is InChI=1S/2C20H21.C7H14Cl2Si.Zr/c2*1-14-12-16-6-5-7-18(19(16)13-14)15-8-10-17(11-9-15)20(2,3)4;1-10(8,9)7-5-3-2-4-6-7;/h2*5-13H,1-4H3;7H,2-6H2,1H3;. The summed E-state index contributed by atoms with van der Waals surface area (Å²) in [5, 5.41) is 0. The first-order valence-corrected chi connectivity index (χ1v) is 26.4. The molecule has 2 atom stereocenters. The quantitative estimate of drug-likeness (QED) is 0.139. The van der Waals surface area contributed by atoms with E-state index in [9.17, 15) is 0 Å². The molecule has 0 nitrogen and oxygen atoms in total. The van der Waals surface area contributed by atoms with E-state index in [2.05, 4.69) is 152 Å². The van der Waals surface area contributed by atoms with Crippen LogP contribution in [0, 0.1) is 0 Å². The van der Waals surface area contributed by atoms with Crippen LogP contribution in [0.1, 0.15) is 128 Å². The molecule has 7 rings (SSSR count). The fourth-order valence-corrected chi connectivity index (χ4v) is 15.5. The molecule has 1 saturated carbocycles. The molecule has 51 heavy (non-hydrogen) atoms. The van der Waals surface area contributed by atoms with Gasteiger partial charge in [-0.2, -0.15) is 0 Å². The first kappa shape index (κ1) is 38.8. The van der Waals surface area contributed by atoms with Crippen molar-refractivity contribution >= 4 is 41.0 Å². The number of hydrogen-bond donors (Lipinski definition) is 0. The van der Waals surface area contributed by atoms with Crippen LogP contribution in [0.3, 0.4) is 0 Å². The Kier molecular flexibility index (Phi) is 11.7. The van der Waals surface area contributed by atoms with Crippen LogP contribution in [-0.4, -0.2) is 6.69 Å². The van der Waals surface area contributed by atoms with E-state index in [4.69, 9.17) is 22.2 Å². The third-order valence-corrected chi connectivity index (χ3v) is 20.6. The van der Waals surface area contributed by atoms with Gasteiger partial charge in [-0.1, -0.05) is 32.1 Å². The smallest absolute Gasteiger partial charge is 0.146 e. The van der Waals surface area contributed by atoms with Crippen molar-refractivity contribution in [2.45, 2.75) is 118 Å². The molecule has 4 heteroatoms. The van der Waals surface area contributed by atoms with Crippen molar-refractivity contribution in [3.63, 3.8) is 0 Å². The van der Waals surface area contributed by atoms with Crippen molar-refractivity contribution in [2.24, 2.45) is 0 Å². The van der Waals surface area contributed by atoms with Crippen molar-refractivity contribution < 1.29 is 23.2 Å². The van der Waals surface area contributed by atoms with E-state index >= 15 is 0 Å². The molecule has 0 spiro atoms. The zero-order valence-electron chi connectivity index (χ0n) is 32.3. The summed E-state index contributed by atoms with van der Waals surface area (Å²) in [5.41, 5.74) is 18.3. The average Bonchev–Trinajstić information content (AvgIpc) is 3.59. The van der Waals surface area contributed by atoms with Crippen LogP contribution in [0.15, 0.2) is 96.1 Å². The van der Waals surface area contributed by atoms with Crippen molar-refractivity contribution in [2.75, 3.05) is 0 Å². The minimum absolute atomic E-state index is 0.171. The third-order valence-electron chi connectivity index (χ3n) is 11.3. The molecule has 4 aromatic carbocycles. The second-order valence-electron chi connectivity index (χ2n) is 17.4. The average molecular weight is 811 g/mol. The Bertz CT molecular complexity index is 1780. The SMILES string of the molecule is CC1=Cc2c(-c3ccc(C(C)(C)C)cc3)cccc2[CH]1[Zr][CH]1C(C)=Cc2c(-c3ccc(C(C)(C)C)cc3)cccc21.C[Si](Cl)(Cl)C1CCCCC1. The maximum atomic E-state index is 6.12. The van der Waals surface area contributed by atoms with Gasteiger partial charge in [0, 0.05) is 0 Å². The molecule has 0 amide bonds. The monoisotopic (exact) mass is 808 g/mol. The second kappa shape index (κ2) is 15.4. The molecular weight excluding hydrogens is 755 g/mol. The molecule has 0 radical (unpaired) electrons. The number of rotatable bonds is 5. The molecule has 0 aromatic heterocycles. The van der Waals surface area contributed by atoms with Gasteiger partial charge in [0.1, 0.15) is 0 Å². The van der Waals surface area contributed by atoms with E-state index in [1.54, 1.807) is 22.3 Å². The van der Waals surface area contributed by atoms with Gasteiger partial charge in [0.05, 0.1) is 0 Å². The molecule has 0 saturated heterocycles. The van der Waals surface area contributed by atoms with Crippen LogP contribution in [-0.2, 0) is 34.1 Å².